The Hall–Kier alpha value is -1.12. The number of rotatable bonds is 0. The lowest BCUT2D eigenvalue weighted by atomic mass is 9.47. The Morgan fingerprint density at radius 1 is 1.13 bits per heavy atom. The first kappa shape index (κ1) is 15.4. The number of hydrogen-bond donors (Lipinski definition) is 0. The van der Waals surface area contributed by atoms with Crippen LogP contribution in [-0.4, -0.2) is 17.4 Å². The number of carbonyl (C=O) groups is 2. The second-order valence-corrected chi connectivity index (χ2v) is 8.90. The minimum Gasteiger partial charge on any atom is -0.458 e. The zero-order chi connectivity index (χ0) is 16.6. The molecule has 0 bridgehead atoms. The summed E-state index contributed by atoms with van der Waals surface area (Å²) in [5.41, 5.74) is 0.522. The number of carbonyl (C=O) groups excluding carboxylic acids is 2. The van der Waals surface area contributed by atoms with Crippen LogP contribution in [0.5, 0.6) is 0 Å². The molecular formula is C20H28O3. The largest absolute Gasteiger partial charge is 0.458 e. The van der Waals surface area contributed by atoms with E-state index in [1.165, 1.54) is 12.8 Å². The molecule has 1 heterocycles. The number of allylic oxidation sites excluding steroid dienone is 1. The van der Waals surface area contributed by atoms with Crippen LogP contribution >= 0.6 is 0 Å². The van der Waals surface area contributed by atoms with Crippen molar-refractivity contribution in [3.8, 4) is 0 Å². The predicted octanol–water partition coefficient (Wildman–Crippen LogP) is 3.92. The molecule has 1 saturated heterocycles. The first-order valence-electron chi connectivity index (χ1n) is 9.24. The van der Waals surface area contributed by atoms with Gasteiger partial charge in [-0.1, -0.05) is 26.8 Å². The van der Waals surface area contributed by atoms with Gasteiger partial charge in [0, 0.05) is 18.8 Å². The van der Waals surface area contributed by atoms with Crippen LogP contribution in [-0.2, 0) is 14.3 Å². The molecule has 2 spiro atoms. The van der Waals surface area contributed by atoms with E-state index < -0.39 is 0 Å². The Morgan fingerprint density at radius 3 is 2.52 bits per heavy atom. The van der Waals surface area contributed by atoms with Crippen LogP contribution in [0.25, 0.3) is 0 Å². The molecule has 0 N–H and O–H groups in total. The number of hydrogen-bond acceptors (Lipinski definition) is 3. The first-order valence-corrected chi connectivity index (χ1v) is 9.24. The topological polar surface area (TPSA) is 43.4 Å². The highest BCUT2D eigenvalue weighted by molar-refractivity contribution is 5.96. The second kappa shape index (κ2) is 4.70. The zero-order valence-electron chi connectivity index (χ0n) is 14.7. The van der Waals surface area contributed by atoms with Crippen molar-refractivity contribution in [2.24, 2.45) is 35.0 Å². The van der Waals surface area contributed by atoms with Crippen molar-refractivity contribution in [2.45, 2.75) is 65.4 Å². The minimum absolute atomic E-state index is 0.0125. The third-order valence-corrected chi connectivity index (χ3v) is 7.70. The van der Waals surface area contributed by atoms with Gasteiger partial charge in [0.15, 0.2) is 5.78 Å². The van der Waals surface area contributed by atoms with Crippen molar-refractivity contribution in [1.82, 2.24) is 0 Å². The number of Topliss-reactive ketones (excluding diaryl/α,β-unsaturated/α-hetero) is 1. The monoisotopic (exact) mass is 316 g/mol. The van der Waals surface area contributed by atoms with Gasteiger partial charge in [-0.05, 0) is 54.9 Å². The van der Waals surface area contributed by atoms with Gasteiger partial charge in [0.1, 0.15) is 5.60 Å². The van der Waals surface area contributed by atoms with E-state index in [1.54, 1.807) is 0 Å². The van der Waals surface area contributed by atoms with E-state index in [-0.39, 0.29) is 28.8 Å². The SMILES string of the molecule is CC1=CC2C3(CC(C)C(=O)O3)CC(C)C3CCC(C)C32CC1=O. The number of ether oxygens (including phenoxy) is 1. The van der Waals surface area contributed by atoms with Crippen LogP contribution in [0.1, 0.15) is 59.8 Å². The maximum Gasteiger partial charge on any atom is 0.309 e. The summed E-state index contributed by atoms with van der Waals surface area (Å²) in [6.07, 6.45) is 7.05. The van der Waals surface area contributed by atoms with E-state index in [1.807, 2.05) is 13.8 Å². The Balaban J connectivity index is 1.88. The van der Waals surface area contributed by atoms with E-state index >= 15 is 0 Å². The van der Waals surface area contributed by atoms with E-state index in [9.17, 15) is 9.59 Å². The Kier molecular flexibility index (Phi) is 3.15. The molecule has 126 valence electrons. The maximum absolute atomic E-state index is 12.6. The lowest BCUT2D eigenvalue weighted by Gasteiger charge is -2.58. The fraction of sp³-hybridized carbons (Fsp3) is 0.800. The number of fused-ring (bicyclic) bond motifs is 1. The average Bonchev–Trinajstić information content (AvgIpc) is 2.93. The molecule has 3 aliphatic carbocycles. The molecule has 0 aromatic carbocycles. The smallest absolute Gasteiger partial charge is 0.309 e. The fourth-order valence-corrected chi connectivity index (χ4v) is 6.73. The van der Waals surface area contributed by atoms with Gasteiger partial charge in [-0.25, -0.2) is 0 Å². The highest BCUT2D eigenvalue weighted by atomic mass is 16.6. The Labute approximate surface area is 138 Å². The van der Waals surface area contributed by atoms with Crippen molar-refractivity contribution in [1.29, 1.82) is 0 Å². The van der Waals surface area contributed by atoms with E-state index in [4.69, 9.17) is 4.74 Å². The van der Waals surface area contributed by atoms with Gasteiger partial charge < -0.3 is 4.74 Å². The molecule has 1 aliphatic heterocycles. The van der Waals surface area contributed by atoms with Crippen LogP contribution in [0.15, 0.2) is 11.6 Å². The summed E-state index contributed by atoms with van der Waals surface area (Å²) < 4.78 is 6.08. The van der Waals surface area contributed by atoms with E-state index in [2.05, 4.69) is 19.9 Å². The molecule has 0 aromatic rings. The third-order valence-electron chi connectivity index (χ3n) is 7.70. The lowest BCUT2D eigenvalue weighted by Crippen LogP contribution is -2.59. The van der Waals surface area contributed by atoms with Gasteiger partial charge in [-0.2, -0.15) is 0 Å². The minimum atomic E-state index is -0.368. The molecule has 4 rings (SSSR count). The van der Waals surface area contributed by atoms with Gasteiger partial charge in [0.25, 0.3) is 0 Å². The highest BCUT2D eigenvalue weighted by Gasteiger charge is 2.68. The van der Waals surface area contributed by atoms with Crippen LogP contribution in [0.4, 0.5) is 0 Å². The number of esters is 1. The summed E-state index contributed by atoms with van der Waals surface area (Å²) >= 11 is 0. The number of ketones is 1. The highest BCUT2D eigenvalue weighted by Crippen LogP contribution is 2.68. The molecule has 2 saturated carbocycles. The van der Waals surface area contributed by atoms with Gasteiger partial charge in [-0.15, -0.1) is 0 Å². The molecule has 3 fully saturated rings. The van der Waals surface area contributed by atoms with E-state index in [0.29, 0.717) is 30.0 Å². The van der Waals surface area contributed by atoms with Gasteiger partial charge in [0.05, 0.1) is 5.92 Å². The lowest BCUT2D eigenvalue weighted by molar-refractivity contribution is -0.179. The first-order chi connectivity index (χ1) is 10.8. The molecule has 0 aromatic heterocycles. The summed E-state index contributed by atoms with van der Waals surface area (Å²) in [6, 6.07) is 0. The van der Waals surface area contributed by atoms with Crippen LogP contribution in [0.3, 0.4) is 0 Å². The molecule has 0 radical (unpaired) electrons. The van der Waals surface area contributed by atoms with Gasteiger partial charge in [-0.3, -0.25) is 9.59 Å². The van der Waals surface area contributed by atoms with Gasteiger partial charge in [0.2, 0.25) is 0 Å². The van der Waals surface area contributed by atoms with Crippen LogP contribution < -0.4 is 0 Å². The van der Waals surface area contributed by atoms with Crippen LogP contribution in [0.2, 0.25) is 0 Å². The molecule has 3 heteroatoms. The summed E-state index contributed by atoms with van der Waals surface area (Å²) in [6.45, 7) is 8.56. The van der Waals surface area contributed by atoms with Gasteiger partial charge >= 0.3 is 5.97 Å². The quantitative estimate of drug-likeness (QED) is 0.636. The average molecular weight is 316 g/mol. The predicted molar refractivity (Wildman–Crippen MR) is 87.6 cm³/mol. The van der Waals surface area contributed by atoms with Crippen molar-refractivity contribution in [3.05, 3.63) is 11.6 Å². The van der Waals surface area contributed by atoms with Crippen LogP contribution in [0, 0.1) is 35.0 Å². The summed E-state index contributed by atoms with van der Waals surface area (Å²) in [5, 5.41) is 0. The fourth-order valence-electron chi connectivity index (χ4n) is 6.73. The maximum atomic E-state index is 12.6. The molecule has 7 unspecified atom stereocenters. The third kappa shape index (κ3) is 1.82. The summed E-state index contributed by atoms with van der Waals surface area (Å²) in [4.78, 5) is 24.8. The van der Waals surface area contributed by atoms with Crippen molar-refractivity contribution in [2.75, 3.05) is 0 Å². The normalized spacial score (nSPS) is 52.2. The summed E-state index contributed by atoms with van der Waals surface area (Å²) in [7, 11) is 0. The molecule has 23 heavy (non-hydrogen) atoms. The molecule has 3 nitrogen and oxygen atoms in total. The Bertz CT molecular complexity index is 606. The molecule has 0 amide bonds. The zero-order valence-corrected chi connectivity index (χ0v) is 14.7. The molecule has 7 atom stereocenters. The van der Waals surface area contributed by atoms with E-state index in [0.717, 1.165) is 18.4 Å². The second-order valence-electron chi connectivity index (χ2n) is 8.90. The van der Waals surface area contributed by atoms with Crippen molar-refractivity contribution >= 4 is 11.8 Å². The molecular weight excluding hydrogens is 288 g/mol. The Morgan fingerprint density at radius 2 is 1.87 bits per heavy atom. The van der Waals surface area contributed by atoms with Crippen molar-refractivity contribution in [3.63, 3.8) is 0 Å². The standard InChI is InChI=1S/C20H28O3/c1-11-7-17-19(9-13(3)18(22)23-19)8-12(2)15-6-5-14(4)20(15,17)10-16(11)21/h7,12-15,17H,5-6,8-10H2,1-4H3. The molecule has 4 aliphatic rings. The summed E-state index contributed by atoms with van der Waals surface area (Å²) in [5.74, 6) is 2.12. The van der Waals surface area contributed by atoms with Crippen molar-refractivity contribution < 1.29 is 14.3 Å².